The molecule has 0 saturated carbocycles. The second kappa shape index (κ2) is 5.20. The van der Waals surface area contributed by atoms with E-state index in [4.69, 9.17) is 0 Å². The van der Waals surface area contributed by atoms with Crippen LogP contribution in [0.15, 0.2) is 24.3 Å². The van der Waals surface area contributed by atoms with Crippen LogP contribution < -0.4 is 5.32 Å². The van der Waals surface area contributed by atoms with Crippen molar-refractivity contribution in [1.29, 1.82) is 0 Å². The molecule has 0 aliphatic carbocycles. The average Bonchev–Trinajstić information content (AvgIpc) is 2.80. The second-order valence-electron chi connectivity index (χ2n) is 5.49. The summed E-state index contributed by atoms with van der Waals surface area (Å²) in [6.07, 6.45) is 0. The van der Waals surface area contributed by atoms with Crippen molar-refractivity contribution in [1.82, 2.24) is 20.2 Å². The van der Waals surface area contributed by atoms with Crippen LogP contribution in [-0.2, 0) is 9.59 Å². The molecule has 1 saturated heterocycles. The summed E-state index contributed by atoms with van der Waals surface area (Å²) in [5, 5.41) is 2.95. The molecule has 0 bridgehead atoms. The molecule has 1 aromatic heterocycles. The number of likely N-dealkylation sites (tertiary alicyclic amines) is 1. The normalized spacial score (nSPS) is 16.6. The van der Waals surface area contributed by atoms with Crippen molar-refractivity contribution in [3.63, 3.8) is 0 Å². The van der Waals surface area contributed by atoms with Crippen LogP contribution >= 0.6 is 0 Å². The van der Waals surface area contributed by atoms with Crippen molar-refractivity contribution in [2.75, 3.05) is 13.1 Å². The van der Waals surface area contributed by atoms with Gasteiger partial charge in [-0.3, -0.25) is 9.59 Å². The number of carbonyl (C=O) groups excluding carboxylic acids is 2. The van der Waals surface area contributed by atoms with Crippen molar-refractivity contribution in [2.24, 2.45) is 5.92 Å². The molecule has 6 nitrogen and oxygen atoms in total. The summed E-state index contributed by atoms with van der Waals surface area (Å²) in [4.78, 5) is 32.6. The molecule has 2 N–H and O–H groups in total. The highest BCUT2D eigenvalue weighted by Gasteiger charge is 2.34. The molecular weight excluding hydrogens is 268 g/mol. The number of aromatic amines is 1. The third kappa shape index (κ3) is 2.61. The molecule has 1 aliphatic heterocycles. The van der Waals surface area contributed by atoms with E-state index in [-0.39, 0.29) is 23.8 Å². The number of hydrogen-bond donors (Lipinski definition) is 2. The van der Waals surface area contributed by atoms with Gasteiger partial charge in [0.15, 0.2) is 0 Å². The lowest BCUT2D eigenvalue weighted by atomic mass is 9.99. The third-order valence-electron chi connectivity index (χ3n) is 3.87. The zero-order valence-corrected chi connectivity index (χ0v) is 12.1. The first-order chi connectivity index (χ1) is 10.0. The lowest BCUT2D eigenvalue weighted by Crippen LogP contribution is -2.55. The van der Waals surface area contributed by atoms with Gasteiger partial charge in [-0.2, -0.15) is 0 Å². The number of hydrogen-bond acceptors (Lipinski definition) is 3. The fourth-order valence-corrected chi connectivity index (χ4v) is 2.48. The first-order valence-electron chi connectivity index (χ1n) is 7.05. The van der Waals surface area contributed by atoms with Gasteiger partial charge < -0.3 is 15.2 Å². The van der Waals surface area contributed by atoms with E-state index in [0.29, 0.717) is 13.1 Å². The van der Waals surface area contributed by atoms with Gasteiger partial charge in [0.2, 0.25) is 11.8 Å². The Bertz CT molecular complexity index is 655. The highest BCUT2D eigenvalue weighted by molar-refractivity contribution is 5.84. The molecule has 6 heteroatoms. The SMILES string of the molecule is CC(=O)N1CC(C(=O)N[C@H](C)c2nc3ccccc3[nH]2)C1. The highest BCUT2D eigenvalue weighted by Crippen LogP contribution is 2.19. The van der Waals surface area contributed by atoms with E-state index >= 15 is 0 Å². The summed E-state index contributed by atoms with van der Waals surface area (Å²) >= 11 is 0. The number of nitrogens with zero attached hydrogens (tertiary/aromatic N) is 2. The molecule has 2 aromatic rings. The minimum absolute atomic E-state index is 0.0179. The molecule has 0 radical (unpaired) electrons. The molecule has 3 rings (SSSR count). The number of para-hydroxylation sites is 2. The summed E-state index contributed by atoms with van der Waals surface area (Å²) in [7, 11) is 0. The van der Waals surface area contributed by atoms with Crippen molar-refractivity contribution in [3.8, 4) is 0 Å². The zero-order chi connectivity index (χ0) is 15.0. The molecule has 0 unspecified atom stereocenters. The van der Waals surface area contributed by atoms with Crippen LogP contribution in [0.25, 0.3) is 11.0 Å². The number of H-pyrrole nitrogens is 1. The fourth-order valence-electron chi connectivity index (χ4n) is 2.48. The van der Waals surface area contributed by atoms with E-state index < -0.39 is 0 Å². The Morgan fingerprint density at radius 2 is 2.10 bits per heavy atom. The lowest BCUT2D eigenvalue weighted by molar-refractivity contribution is -0.141. The summed E-state index contributed by atoms with van der Waals surface area (Å²) in [5.41, 5.74) is 1.85. The third-order valence-corrected chi connectivity index (χ3v) is 3.87. The number of imidazole rings is 1. The summed E-state index contributed by atoms with van der Waals surface area (Å²) in [6, 6.07) is 7.58. The predicted molar refractivity (Wildman–Crippen MR) is 78.4 cm³/mol. The van der Waals surface area contributed by atoms with Crippen LogP contribution in [-0.4, -0.2) is 39.8 Å². The van der Waals surface area contributed by atoms with Crippen LogP contribution in [0.3, 0.4) is 0 Å². The van der Waals surface area contributed by atoms with E-state index in [1.807, 2.05) is 31.2 Å². The topological polar surface area (TPSA) is 78.1 Å². The molecular formula is C15H18N4O2. The first-order valence-corrected chi connectivity index (χ1v) is 7.05. The van der Waals surface area contributed by atoms with Gasteiger partial charge in [-0.1, -0.05) is 12.1 Å². The van der Waals surface area contributed by atoms with Gasteiger partial charge in [0.05, 0.1) is 23.0 Å². The summed E-state index contributed by atoms with van der Waals surface area (Å²) < 4.78 is 0. The Morgan fingerprint density at radius 3 is 2.76 bits per heavy atom. The number of aromatic nitrogens is 2. The van der Waals surface area contributed by atoms with Crippen LogP contribution in [0.1, 0.15) is 25.7 Å². The Kier molecular flexibility index (Phi) is 3.37. The molecule has 2 amide bonds. The maximum Gasteiger partial charge on any atom is 0.227 e. The van der Waals surface area contributed by atoms with Gasteiger partial charge in [0.25, 0.3) is 0 Å². The number of nitrogens with one attached hydrogen (secondary N) is 2. The van der Waals surface area contributed by atoms with Crippen LogP contribution in [0.2, 0.25) is 0 Å². The zero-order valence-electron chi connectivity index (χ0n) is 12.1. The van der Waals surface area contributed by atoms with Gasteiger partial charge in [0.1, 0.15) is 5.82 Å². The van der Waals surface area contributed by atoms with Crippen molar-refractivity contribution in [3.05, 3.63) is 30.1 Å². The van der Waals surface area contributed by atoms with Crippen LogP contribution in [0, 0.1) is 5.92 Å². The standard InChI is InChI=1S/C15H18N4O2/c1-9(14-17-12-5-3-4-6-13(12)18-14)16-15(21)11-7-19(8-11)10(2)20/h3-6,9,11H,7-8H2,1-2H3,(H,16,21)(H,17,18)/t9-/m1/s1. The van der Waals surface area contributed by atoms with Crippen molar-refractivity contribution >= 4 is 22.8 Å². The molecule has 1 aliphatic rings. The Hall–Kier alpha value is -2.37. The number of carbonyl (C=O) groups is 2. The Balaban J connectivity index is 1.62. The van der Waals surface area contributed by atoms with Gasteiger partial charge in [-0.25, -0.2) is 4.98 Å². The molecule has 1 aromatic carbocycles. The first kappa shape index (κ1) is 13.6. The van der Waals surface area contributed by atoms with Crippen molar-refractivity contribution in [2.45, 2.75) is 19.9 Å². The quantitative estimate of drug-likeness (QED) is 0.890. The van der Waals surface area contributed by atoms with E-state index in [1.54, 1.807) is 4.90 Å². The number of rotatable bonds is 3. The minimum Gasteiger partial charge on any atom is -0.346 e. The lowest BCUT2D eigenvalue weighted by Gasteiger charge is -2.37. The minimum atomic E-state index is -0.184. The number of fused-ring (bicyclic) bond motifs is 1. The Labute approximate surface area is 122 Å². The van der Waals surface area contributed by atoms with E-state index in [2.05, 4.69) is 15.3 Å². The Morgan fingerprint density at radius 1 is 1.38 bits per heavy atom. The van der Waals surface area contributed by atoms with Crippen molar-refractivity contribution < 1.29 is 9.59 Å². The van der Waals surface area contributed by atoms with Gasteiger partial charge in [-0.05, 0) is 19.1 Å². The monoisotopic (exact) mass is 286 g/mol. The maximum atomic E-state index is 12.1. The number of amides is 2. The molecule has 1 fully saturated rings. The smallest absolute Gasteiger partial charge is 0.227 e. The molecule has 2 heterocycles. The maximum absolute atomic E-state index is 12.1. The molecule has 21 heavy (non-hydrogen) atoms. The van der Waals surface area contributed by atoms with Crippen LogP contribution in [0.5, 0.6) is 0 Å². The number of benzene rings is 1. The summed E-state index contributed by atoms with van der Waals surface area (Å²) in [6.45, 7) is 4.43. The molecule has 1 atom stereocenters. The van der Waals surface area contributed by atoms with Gasteiger partial charge in [-0.15, -0.1) is 0 Å². The van der Waals surface area contributed by atoms with E-state index in [1.165, 1.54) is 6.92 Å². The predicted octanol–water partition coefficient (Wildman–Crippen LogP) is 1.22. The fraction of sp³-hybridized carbons (Fsp3) is 0.400. The largest absolute Gasteiger partial charge is 0.346 e. The average molecular weight is 286 g/mol. The van der Waals surface area contributed by atoms with E-state index in [9.17, 15) is 9.59 Å². The second-order valence-corrected chi connectivity index (χ2v) is 5.49. The van der Waals surface area contributed by atoms with Gasteiger partial charge in [0, 0.05) is 20.0 Å². The molecule has 110 valence electrons. The summed E-state index contributed by atoms with van der Waals surface area (Å²) in [5.74, 6) is 0.623. The van der Waals surface area contributed by atoms with Gasteiger partial charge >= 0.3 is 0 Å². The highest BCUT2D eigenvalue weighted by atomic mass is 16.2. The van der Waals surface area contributed by atoms with Crippen LogP contribution in [0.4, 0.5) is 0 Å². The van der Waals surface area contributed by atoms with E-state index in [0.717, 1.165) is 16.9 Å². The molecule has 0 spiro atoms.